The number of hydrogen-bond donors (Lipinski definition) is 0. The quantitative estimate of drug-likeness (QED) is 0.0343. The van der Waals surface area contributed by atoms with Crippen molar-refractivity contribution in [3.8, 4) is 0 Å². The summed E-state index contributed by atoms with van der Waals surface area (Å²) in [6.45, 7) is 11.4. The zero-order chi connectivity index (χ0) is 48.9. The number of esters is 3. The van der Waals surface area contributed by atoms with Gasteiger partial charge in [-0.25, -0.2) is 0 Å². The van der Waals surface area contributed by atoms with E-state index >= 15 is 0 Å². The molecule has 398 valence electrons. The van der Waals surface area contributed by atoms with Gasteiger partial charge in [0, 0.05) is 19.3 Å². The van der Waals surface area contributed by atoms with Crippen molar-refractivity contribution < 1.29 is 28.6 Å². The molecule has 0 fully saturated rings. The lowest BCUT2D eigenvalue weighted by atomic mass is 9.99. The Morgan fingerprint density at radius 1 is 0.313 bits per heavy atom. The van der Waals surface area contributed by atoms with Gasteiger partial charge in [0.15, 0.2) is 6.10 Å². The van der Waals surface area contributed by atoms with Crippen molar-refractivity contribution in [2.45, 2.75) is 349 Å². The van der Waals surface area contributed by atoms with Gasteiger partial charge in [-0.1, -0.05) is 304 Å². The highest BCUT2D eigenvalue weighted by Crippen LogP contribution is 2.19. The predicted molar refractivity (Wildman–Crippen MR) is 289 cm³/mol. The average Bonchev–Trinajstić information content (AvgIpc) is 3.31. The molecule has 0 aromatic heterocycles. The van der Waals surface area contributed by atoms with Crippen LogP contribution >= 0.6 is 0 Å². The van der Waals surface area contributed by atoms with E-state index in [9.17, 15) is 14.4 Å². The van der Waals surface area contributed by atoms with Crippen LogP contribution < -0.4 is 0 Å². The topological polar surface area (TPSA) is 78.9 Å². The molecule has 0 aliphatic rings. The van der Waals surface area contributed by atoms with E-state index in [2.05, 4.69) is 34.6 Å². The number of carbonyl (C=O) groups excluding carboxylic acids is 3. The molecule has 0 aliphatic heterocycles. The van der Waals surface area contributed by atoms with Crippen molar-refractivity contribution in [3.63, 3.8) is 0 Å². The minimum atomic E-state index is -0.763. The van der Waals surface area contributed by atoms with Crippen molar-refractivity contribution in [2.75, 3.05) is 13.2 Å². The zero-order valence-corrected chi connectivity index (χ0v) is 46.0. The Balaban J connectivity index is 4.24. The molecule has 6 nitrogen and oxygen atoms in total. The van der Waals surface area contributed by atoms with Crippen molar-refractivity contribution >= 4 is 17.9 Å². The van der Waals surface area contributed by atoms with Crippen LogP contribution in [0.5, 0.6) is 0 Å². The summed E-state index contributed by atoms with van der Waals surface area (Å²) in [4.78, 5) is 38.2. The number of carbonyl (C=O) groups is 3. The summed E-state index contributed by atoms with van der Waals surface area (Å²) in [5.74, 6) is 0.869. The molecule has 0 saturated heterocycles. The summed E-state index contributed by atoms with van der Waals surface area (Å²) in [6.07, 6.45) is 58.1. The van der Waals surface area contributed by atoms with E-state index in [1.165, 1.54) is 231 Å². The van der Waals surface area contributed by atoms with E-state index in [-0.39, 0.29) is 31.1 Å². The summed E-state index contributed by atoms with van der Waals surface area (Å²) < 4.78 is 16.9. The summed E-state index contributed by atoms with van der Waals surface area (Å²) in [7, 11) is 0. The van der Waals surface area contributed by atoms with Crippen LogP contribution in [0.4, 0.5) is 0 Å². The van der Waals surface area contributed by atoms with Gasteiger partial charge in [-0.3, -0.25) is 14.4 Å². The molecule has 0 aromatic carbocycles. The molecule has 0 aromatic rings. The molecule has 0 N–H and O–H groups in total. The molecular formula is C61H118O6. The Bertz CT molecular complexity index is 1030. The van der Waals surface area contributed by atoms with Crippen molar-refractivity contribution in [1.82, 2.24) is 0 Å². The average molecular weight is 948 g/mol. The van der Waals surface area contributed by atoms with Gasteiger partial charge in [-0.2, -0.15) is 0 Å². The Labute approximate surface area is 418 Å². The van der Waals surface area contributed by atoms with Crippen LogP contribution in [0.2, 0.25) is 0 Å². The van der Waals surface area contributed by atoms with Crippen LogP contribution in [0.3, 0.4) is 0 Å². The van der Waals surface area contributed by atoms with Crippen LogP contribution in [-0.2, 0) is 28.6 Å². The van der Waals surface area contributed by atoms with E-state index in [0.29, 0.717) is 19.3 Å². The van der Waals surface area contributed by atoms with Gasteiger partial charge < -0.3 is 14.2 Å². The monoisotopic (exact) mass is 947 g/mol. The van der Waals surface area contributed by atoms with Crippen LogP contribution in [0.25, 0.3) is 0 Å². The molecular weight excluding hydrogens is 829 g/mol. The molecule has 0 heterocycles. The summed E-state index contributed by atoms with van der Waals surface area (Å²) in [5.41, 5.74) is 0. The molecule has 0 amide bonds. The third-order valence-electron chi connectivity index (χ3n) is 14.3. The van der Waals surface area contributed by atoms with Crippen LogP contribution in [0, 0.1) is 11.8 Å². The summed E-state index contributed by atoms with van der Waals surface area (Å²) >= 11 is 0. The third-order valence-corrected chi connectivity index (χ3v) is 14.3. The van der Waals surface area contributed by atoms with E-state index in [1.54, 1.807) is 0 Å². The van der Waals surface area contributed by atoms with Gasteiger partial charge in [-0.15, -0.1) is 0 Å². The number of hydrogen-bond acceptors (Lipinski definition) is 6. The second-order valence-electron chi connectivity index (χ2n) is 21.7. The summed E-state index contributed by atoms with van der Waals surface area (Å²) in [6, 6.07) is 0. The molecule has 0 bridgehead atoms. The SMILES string of the molecule is CCCCCCCCCCCCCCCCCCC(=O)O[C@@H](COC(=O)CCCCCCCCCCCCCCCCCCCCC(C)C)COC(=O)CCCCCCCCCCC(C)CC. The molecule has 0 rings (SSSR count). The maximum absolute atomic E-state index is 12.9. The van der Waals surface area contributed by atoms with Crippen LogP contribution in [0.15, 0.2) is 0 Å². The zero-order valence-electron chi connectivity index (χ0n) is 46.0. The van der Waals surface area contributed by atoms with Gasteiger partial charge in [0.25, 0.3) is 0 Å². The number of unbranched alkanes of at least 4 members (excludes halogenated alkanes) is 39. The van der Waals surface area contributed by atoms with Crippen molar-refractivity contribution in [3.05, 3.63) is 0 Å². The fourth-order valence-corrected chi connectivity index (χ4v) is 9.37. The highest BCUT2D eigenvalue weighted by molar-refractivity contribution is 5.71. The molecule has 1 unspecified atom stereocenters. The highest BCUT2D eigenvalue weighted by Gasteiger charge is 2.19. The maximum Gasteiger partial charge on any atom is 0.306 e. The standard InChI is InChI=1S/C61H118O6/c1-6-8-9-10-11-12-13-14-15-21-25-28-31-38-43-48-53-61(64)67-58(55-66-60(63)52-47-42-37-33-32-35-40-45-50-57(5)7-2)54-65-59(62)51-46-41-36-30-27-24-22-19-17-16-18-20-23-26-29-34-39-44-49-56(3)4/h56-58H,6-55H2,1-5H3/t57?,58-/m0/s1. The minimum Gasteiger partial charge on any atom is -0.462 e. The first-order chi connectivity index (χ1) is 32.8. The summed E-state index contributed by atoms with van der Waals surface area (Å²) in [5, 5.41) is 0. The van der Waals surface area contributed by atoms with E-state index in [4.69, 9.17) is 14.2 Å². The molecule has 0 spiro atoms. The molecule has 0 aliphatic carbocycles. The van der Waals surface area contributed by atoms with Crippen LogP contribution in [0.1, 0.15) is 343 Å². The van der Waals surface area contributed by atoms with E-state index in [1.807, 2.05) is 0 Å². The second kappa shape index (κ2) is 53.8. The Kier molecular flexibility index (Phi) is 52.5. The lowest BCUT2D eigenvalue weighted by molar-refractivity contribution is -0.167. The molecule has 0 saturated carbocycles. The predicted octanol–water partition coefficient (Wildman–Crippen LogP) is 20.0. The first-order valence-corrected chi connectivity index (χ1v) is 30.3. The van der Waals surface area contributed by atoms with Gasteiger partial charge >= 0.3 is 17.9 Å². The fourth-order valence-electron chi connectivity index (χ4n) is 9.37. The van der Waals surface area contributed by atoms with Crippen molar-refractivity contribution in [2.24, 2.45) is 11.8 Å². The van der Waals surface area contributed by atoms with E-state index < -0.39 is 6.10 Å². The third kappa shape index (κ3) is 53.6. The first kappa shape index (κ1) is 65.4. The first-order valence-electron chi connectivity index (χ1n) is 30.3. The van der Waals surface area contributed by atoms with Gasteiger partial charge in [0.2, 0.25) is 0 Å². The Morgan fingerprint density at radius 3 is 0.851 bits per heavy atom. The minimum absolute atomic E-state index is 0.0627. The van der Waals surface area contributed by atoms with Gasteiger partial charge in [0.05, 0.1) is 0 Å². The smallest absolute Gasteiger partial charge is 0.306 e. The highest BCUT2D eigenvalue weighted by atomic mass is 16.6. The number of ether oxygens (including phenoxy) is 3. The lowest BCUT2D eigenvalue weighted by Gasteiger charge is -2.18. The normalized spacial score (nSPS) is 12.4. The van der Waals surface area contributed by atoms with Gasteiger partial charge in [-0.05, 0) is 31.1 Å². The molecule has 6 heteroatoms. The lowest BCUT2D eigenvalue weighted by Crippen LogP contribution is -2.30. The second-order valence-corrected chi connectivity index (χ2v) is 21.7. The number of rotatable bonds is 55. The molecule has 0 radical (unpaired) electrons. The van der Waals surface area contributed by atoms with Crippen molar-refractivity contribution in [1.29, 1.82) is 0 Å². The Hall–Kier alpha value is -1.59. The maximum atomic E-state index is 12.9. The Morgan fingerprint density at radius 2 is 0.567 bits per heavy atom. The molecule has 2 atom stereocenters. The van der Waals surface area contributed by atoms with Gasteiger partial charge in [0.1, 0.15) is 13.2 Å². The molecule has 67 heavy (non-hydrogen) atoms. The van der Waals surface area contributed by atoms with Crippen LogP contribution in [-0.4, -0.2) is 37.2 Å². The largest absolute Gasteiger partial charge is 0.462 e. The van der Waals surface area contributed by atoms with E-state index in [0.717, 1.165) is 69.6 Å². The fraction of sp³-hybridized carbons (Fsp3) is 0.951.